The molecule has 0 heterocycles. The van der Waals surface area contributed by atoms with Gasteiger partial charge in [0.25, 0.3) is 0 Å². The summed E-state index contributed by atoms with van der Waals surface area (Å²) in [5.74, 6) is 1.44. The fraction of sp³-hybridized carbons (Fsp3) is 0.500. The molecule has 2 unspecified atom stereocenters. The second kappa shape index (κ2) is 4.88. The third-order valence-corrected chi connectivity index (χ3v) is 3.15. The molecule has 0 N–H and O–H groups in total. The van der Waals surface area contributed by atoms with E-state index in [1.54, 1.807) is 7.11 Å². The molecule has 0 saturated heterocycles. The van der Waals surface area contributed by atoms with Crippen LogP contribution in [0.1, 0.15) is 31.7 Å². The molecule has 3 heteroatoms. The molecule has 1 aliphatic carbocycles. The summed E-state index contributed by atoms with van der Waals surface area (Å²) in [6, 6.07) is 8.01. The summed E-state index contributed by atoms with van der Waals surface area (Å²) in [5, 5.41) is 0. The first-order chi connectivity index (χ1) is 8.11. The van der Waals surface area contributed by atoms with Gasteiger partial charge in [0.05, 0.1) is 0 Å². The molecule has 1 aromatic rings. The third-order valence-electron chi connectivity index (χ3n) is 3.15. The first-order valence-corrected chi connectivity index (χ1v) is 5.94. The minimum atomic E-state index is -0.389. The first kappa shape index (κ1) is 12.1. The molecule has 92 valence electrons. The minimum Gasteiger partial charge on any atom is -0.487 e. The van der Waals surface area contributed by atoms with Gasteiger partial charge in [-0.25, -0.2) is 0 Å². The van der Waals surface area contributed by atoms with Crippen LogP contribution in [-0.4, -0.2) is 25.1 Å². The lowest BCUT2D eigenvalue weighted by Crippen LogP contribution is -2.51. The van der Waals surface area contributed by atoms with Gasteiger partial charge in [-0.15, -0.1) is 0 Å². The van der Waals surface area contributed by atoms with E-state index in [0.717, 1.165) is 5.75 Å². The van der Waals surface area contributed by atoms with Crippen LogP contribution in [-0.2, 0) is 9.53 Å². The number of methoxy groups -OCH3 is 1. The lowest BCUT2D eigenvalue weighted by Gasteiger charge is -2.33. The van der Waals surface area contributed by atoms with Crippen molar-refractivity contribution in [2.75, 3.05) is 7.11 Å². The van der Waals surface area contributed by atoms with Crippen molar-refractivity contribution < 1.29 is 14.3 Å². The molecule has 1 fully saturated rings. The second-order valence-corrected chi connectivity index (χ2v) is 4.71. The summed E-state index contributed by atoms with van der Waals surface area (Å²) in [4.78, 5) is 11.2. The molecule has 0 amide bonds. The van der Waals surface area contributed by atoms with Crippen LogP contribution < -0.4 is 4.74 Å². The van der Waals surface area contributed by atoms with Crippen molar-refractivity contribution >= 4 is 5.78 Å². The normalized spacial score (nSPS) is 23.6. The lowest BCUT2D eigenvalue weighted by molar-refractivity contribution is -0.150. The zero-order valence-electron chi connectivity index (χ0n) is 10.5. The Morgan fingerprint density at radius 3 is 2.35 bits per heavy atom. The van der Waals surface area contributed by atoms with E-state index >= 15 is 0 Å². The predicted octanol–water partition coefficient (Wildman–Crippen LogP) is 2.55. The van der Waals surface area contributed by atoms with Crippen LogP contribution in [0, 0.1) is 0 Å². The topological polar surface area (TPSA) is 35.5 Å². The maximum atomic E-state index is 11.2. The van der Waals surface area contributed by atoms with Crippen molar-refractivity contribution in [2.24, 2.45) is 0 Å². The number of Topliss-reactive ketones (excluding diaryl/α,β-unsaturated/α-hetero) is 1. The Morgan fingerprint density at radius 2 is 1.88 bits per heavy atom. The molecule has 0 aliphatic heterocycles. The fourth-order valence-electron chi connectivity index (χ4n) is 1.96. The van der Waals surface area contributed by atoms with E-state index in [1.807, 2.05) is 12.1 Å². The van der Waals surface area contributed by atoms with Crippen LogP contribution in [0.4, 0.5) is 0 Å². The number of ketones is 1. The molecule has 0 spiro atoms. The van der Waals surface area contributed by atoms with Crippen LogP contribution in [0.2, 0.25) is 0 Å². The van der Waals surface area contributed by atoms with Crippen LogP contribution in [0.3, 0.4) is 0 Å². The molecule has 0 radical (unpaired) electrons. The van der Waals surface area contributed by atoms with Crippen molar-refractivity contribution in [1.82, 2.24) is 0 Å². The van der Waals surface area contributed by atoms with Gasteiger partial charge >= 0.3 is 0 Å². The molecule has 1 aromatic carbocycles. The summed E-state index contributed by atoms with van der Waals surface area (Å²) in [6.07, 6.45) is -0.0677. The molecule has 3 nitrogen and oxygen atoms in total. The van der Waals surface area contributed by atoms with Crippen molar-refractivity contribution in [2.45, 2.75) is 38.4 Å². The smallest absolute Gasteiger partial charge is 0.169 e. The monoisotopic (exact) mass is 234 g/mol. The molecule has 17 heavy (non-hydrogen) atoms. The Balaban J connectivity index is 1.98. The Kier molecular flexibility index (Phi) is 3.48. The summed E-state index contributed by atoms with van der Waals surface area (Å²) in [5.41, 5.74) is 1.28. The molecule has 0 bridgehead atoms. The van der Waals surface area contributed by atoms with Crippen molar-refractivity contribution in [3.8, 4) is 5.75 Å². The quantitative estimate of drug-likeness (QED) is 0.803. The van der Waals surface area contributed by atoms with Crippen LogP contribution >= 0.6 is 0 Å². The summed E-state index contributed by atoms with van der Waals surface area (Å²) in [7, 11) is 1.54. The first-order valence-electron chi connectivity index (χ1n) is 5.94. The molecule has 1 aliphatic rings. The van der Waals surface area contributed by atoms with Gasteiger partial charge in [-0.2, -0.15) is 0 Å². The summed E-state index contributed by atoms with van der Waals surface area (Å²) in [6.45, 7) is 4.31. The highest BCUT2D eigenvalue weighted by atomic mass is 16.5. The number of ether oxygens (including phenoxy) is 2. The van der Waals surface area contributed by atoms with Crippen LogP contribution in [0.15, 0.2) is 24.3 Å². The van der Waals surface area contributed by atoms with E-state index in [4.69, 9.17) is 9.47 Å². The van der Waals surface area contributed by atoms with Gasteiger partial charge in [-0.3, -0.25) is 4.79 Å². The van der Waals surface area contributed by atoms with Gasteiger partial charge in [0, 0.05) is 13.5 Å². The van der Waals surface area contributed by atoms with Gasteiger partial charge in [0.15, 0.2) is 11.9 Å². The zero-order valence-corrected chi connectivity index (χ0v) is 10.5. The third kappa shape index (κ3) is 2.50. The fourth-order valence-corrected chi connectivity index (χ4v) is 1.96. The maximum Gasteiger partial charge on any atom is 0.169 e. The van der Waals surface area contributed by atoms with E-state index in [1.165, 1.54) is 5.56 Å². The Hall–Kier alpha value is -1.35. The molecule has 2 rings (SSSR count). The average Bonchev–Trinajstić information content (AvgIpc) is 2.29. The molecular weight excluding hydrogens is 216 g/mol. The van der Waals surface area contributed by atoms with Crippen molar-refractivity contribution in [1.29, 1.82) is 0 Å². The van der Waals surface area contributed by atoms with E-state index in [2.05, 4.69) is 26.0 Å². The van der Waals surface area contributed by atoms with E-state index in [0.29, 0.717) is 12.3 Å². The van der Waals surface area contributed by atoms with Gasteiger partial charge in [-0.1, -0.05) is 26.0 Å². The van der Waals surface area contributed by atoms with Gasteiger partial charge in [-0.05, 0) is 23.6 Å². The Labute approximate surface area is 102 Å². The molecule has 1 saturated carbocycles. The van der Waals surface area contributed by atoms with Crippen molar-refractivity contribution in [3.05, 3.63) is 29.8 Å². The van der Waals surface area contributed by atoms with Crippen LogP contribution in [0.25, 0.3) is 0 Å². The van der Waals surface area contributed by atoms with Crippen LogP contribution in [0.5, 0.6) is 5.75 Å². The van der Waals surface area contributed by atoms with E-state index in [9.17, 15) is 4.79 Å². The molecule has 0 aromatic heterocycles. The zero-order chi connectivity index (χ0) is 12.4. The molecule has 2 atom stereocenters. The standard InChI is InChI=1S/C14H18O3/c1-9(2)10-4-6-11(7-5-10)17-13-8-12(15)14(13)16-3/h4-7,9,13-14H,8H2,1-3H3. The number of carbonyl (C=O) groups excluding carboxylic acids is 1. The highest BCUT2D eigenvalue weighted by Crippen LogP contribution is 2.26. The average molecular weight is 234 g/mol. The van der Waals surface area contributed by atoms with E-state index < -0.39 is 0 Å². The molecular formula is C14H18O3. The number of rotatable bonds is 4. The van der Waals surface area contributed by atoms with E-state index in [-0.39, 0.29) is 18.0 Å². The SMILES string of the molecule is COC1C(=O)CC1Oc1ccc(C(C)C)cc1. The predicted molar refractivity (Wildman–Crippen MR) is 65.4 cm³/mol. The maximum absolute atomic E-state index is 11.2. The van der Waals surface area contributed by atoms with Crippen molar-refractivity contribution in [3.63, 3.8) is 0 Å². The lowest BCUT2D eigenvalue weighted by atomic mass is 9.90. The highest BCUT2D eigenvalue weighted by Gasteiger charge is 2.41. The largest absolute Gasteiger partial charge is 0.487 e. The second-order valence-electron chi connectivity index (χ2n) is 4.71. The van der Waals surface area contributed by atoms with Gasteiger partial charge in [0.1, 0.15) is 11.9 Å². The number of hydrogen-bond donors (Lipinski definition) is 0. The summed E-state index contributed by atoms with van der Waals surface area (Å²) >= 11 is 0. The Morgan fingerprint density at radius 1 is 1.24 bits per heavy atom. The highest BCUT2D eigenvalue weighted by molar-refractivity contribution is 5.90. The minimum absolute atomic E-state index is 0.122. The van der Waals surface area contributed by atoms with Gasteiger partial charge in [0.2, 0.25) is 0 Å². The summed E-state index contributed by atoms with van der Waals surface area (Å²) < 4.78 is 10.8. The number of benzene rings is 1. The number of carbonyl (C=O) groups is 1. The number of hydrogen-bond acceptors (Lipinski definition) is 3. The Bertz CT molecular complexity index is 394. The van der Waals surface area contributed by atoms with Gasteiger partial charge < -0.3 is 9.47 Å².